The lowest BCUT2D eigenvalue weighted by Crippen LogP contribution is -1.97. The Morgan fingerprint density at radius 2 is 1.82 bits per heavy atom. The van der Waals surface area contributed by atoms with Crippen LogP contribution >= 0.6 is 0 Å². The van der Waals surface area contributed by atoms with Gasteiger partial charge in [0.05, 0.1) is 12.4 Å². The number of rotatable bonds is 2. The van der Waals surface area contributed by atoms with Crippen LogP contribution in [0.4, 0.5) is 14.5 Å². The lowest BCUT2D eigenvalue weighted by atomic mass is 10.2. The first-order valence-corrected chi connectivity index (χ1v) is 4.77. The van der Waals surface area contributed by atoms with E-state index in [2.05, 4.69) is 9.97 Å². The van der Waals surface area contributed by atoms with Crippen LogP contribution in [0, 0.1) is 18.6 Å². The van der Waals surface area contributed by atoms with Gasteiger partial charge < -0.3 is 10.5 Å². The quantitative estimate of drug-likeness (QED) is 0.815. The molecule has 1 aromatic heterocycles. The summed E-state index contributed by atoms with van der Waals surface area (Å²) in [6.07, 6.45) is 1.87. The second-order valence-corrected chi connectivity index (χ2v) is 3.43. The molecule has 0 saturated heterocycles. The fourth-order valence-electron chi connectivity index (χ4n) is 1.20. The zero-order chi connectivity index (χ0) is 12.4. The van der Waals surface area contributed by atoms with E-state index in [0.29, 0.717) is 11.3 Å². The molecule has 0 aliphatic carbocycles. The van der Waals surface area contributed by atoms with Gasteiger partial charge in [0.25, 0.3) is 0 Å². The van der Waals surface area contributed by atoms with Gasteiger partial charge in [-0.15, -0.1) is 0 Å². The maximum Gasteiger partial charge on any atom is 0.322 e. The molecule has 2 aromatic rings. The summed E-state index contributed by atoms with van der Waals surface area (Å²) in [5.41, 5.74) is 6.52. The number of benzene rings is 1. The highest BCUT2D eigenvalue weighted by Crippen LogP contribution is 2.26. The molecule has 0 unspecified atom stereocenters. The third-order valence-corrected chi connectivity index (χ3v) is 2.12. The van der Waals surface area contributed by atoms with Crippen LogP contribution in [0.25, 0.3) is 0 Å². The molecule has 4 nitrogen and oxygen atoms in total. The summed E-state index contributed by atoms with van der Waals surface area (Å²) < 4.78 is 31.1. The van der Waals surface area contributed by atoms with Gasteiger partial charge in [0.15, 0.2) is 17.4 Å². The highest BCUT2D eigenvalue weighted by atomic mass is 19.1. The molecular weight excluding hydrogens is 228 g/mol. The number of aromatic nitrogens is 2. The highest BCUT2D eigenvalue weighted by Gasteiger charge is 2.09. The number of nitrogens with zero attached hydrogens (tertiary/aromatic N) is 2. The van der Waals surface area contributed by atoms with Crippen molar-refractivity contribution in [3.8, 4) is 11.8 Å². The van der Waals surface area contributed by atoms with Gasteiger partial charge in [-0.25, -0.2) is 18.7 Å². The number of anilines is 1. The minimum absolute atomic E-state index is 0.0525. The van der Waals surface area contributed by atoms with Crippen LogP contribution in [0.2, 0.25) is 0 Å². The first kappa shape index (κ1) is 11.3. The number of nitrogen functional groups attached to an aromatic ring is 1. The number of hydrogen-bond donors (Lipinski definition) is 1. The highest BCUT2D eigenvalue weighted by molar-refractivity contribution is 5.50. The molecule has 0 bridgehead atoms. The third-order valence-electron chi connectivity index (χ3n) is 2.12. The average molecular weight is 237 g/mol. The van der Waals surface area contributed by atoms with E-state index >= 15 is 0 Å². The fourth-order valence-corrected chi connectivity index (χ4v) is 1.20. The molecule has 17 heavy (non-hydrogen) atoms. The Balaban J connectivity index is 2.30. The van der Waals surface area contributed by atoms with Crippen molar-refractivity contribution in [2.45, 2.75) is 6.92 Å². The van der Waals surface area contributed by atoms with Gasteiger partial charge in [-0.3, -0.25) is 0 Å². The summed E-state index contributed by atoms with van der Waals surface area (Å²) >= 11 is 0. The molecule has 0 radical (unpaired) electrons. The topological polar surface area (TPSA) is 61.0 Å². The lowest BCUT2D eigenvalue weighted by molar-refractivity contribution is 0.407. The van der Waals surface area contributed by atoms with Crippen LogP contribution in [0.3, 0.4) is 0 Å². The van der Waals surface area contributed by atoms with E-state index < -0.39 is 11.6 Å². The Morgan fingerprint density at radius 3 is 2.47 bits per heavy atom. The molecule has 2 rings (SSSR count). The van der Waals surface area contributed by atoms with Crippen molar-refractivity contribution in [1.29, 1.82) is 0 Å². The average Bonchev–Trinajstić information content (AvgIpc) is 2.29. The van der Waals surface area contributed by atoms with Crippen LogP contribution in [-0.2, 0) is 0 Å². The first-order chi connectivity index (χ1) is 8.06. The van der Waals surface area contributed by atoms with Crippen LogP contribution in [0.1, 0.15) is 5.56 Å². The Bertz CT molecular complexity index is 543. The number of nitrogens with two attached hydrogens (primary N) is 1. The van der Waals surface area contributed by atoms with Gasteiger partial charge in [0, 0.05) is 11.8 Å². The molecule has 0 fully saturated rings. The van der Waals surface area contributed by atoms with E-state index in [1.807, 2.05) is 0 Å². The summed E-state index contributed by atoms with van der Waals surface area (Å²) in [6, 6.07) is 2.44. The predicted molar refractivity (Wildman–Crippen MR) is 57.6 cm³/mol. The van der Waals surface area contributed by atoms with E-state index in [9.17, 15) is 8.78 Å². The normalized spacial score (nSPS) is 10.3. The minimum Gasteiger partial charge on any atom is -0.421 e. The van der Waals surface area contributed by atoms with Gasteiger partial charge in [0.1, 0.15) is 0 Å². The minimum atomic E-state index is -0.624. The molecule has 0 aliphatic rings. The van der Waals surface area contributed by atoms with E-state index in [1.165, 1.54) is 6.07 Å². The maximum absolute atomic E-state index is 13.5. The SMILES string of the molecule is Cc1cc(Oc2ncc(F)cn2)c(F)cc1N. The Labute approximate surface area is 96.1 Å². The molecule has 0 atom stereocenters. The van der Waals surface area contributed by atoms with Crippen molar-refractivity contribution in [3.05, 3.63) is 41.7 Å². The van der Waals surface area contributed by atoms with Crippen LogP contribution in [0.5, 0.6) is 11.8 Å². The van der Waals surface area contributed by atoms with E-state index in [4.69, 9.17) is 10.5 Å². The second-order valence-electron chi connectivity index (χ2n) is 3.43. The lowest BCUT2D eigenvalue weighted by Gasteiger charge is -2.07. The number of hydrogen-bond acceptors (Lipinski definition) is 4. The Morgan fingerprint density at radius 1 is 1.18 bits per heavy atom. The molecule has 0 spiro atoms. The number of aryl methyl sites for hydroxylation is 1. The van der Waals surface area contributed by atoms with Gasteiger partial charge in [0.2, 0.25) is 0 Å². The van der Waals surface area contributed by atoms with Crippen LogP contribution < -0.4 is 10.5 Å². The summed E-state index contributed by atoms with van der Waals surface area (Å²) in [4.78, 5) is 7.12. The van der Waals surface area contributed by atoms with Crippen molar-refractivity contribution in [3.63, 3.8) is 0 Å². The zero-order valence-corrected chi connectivity index (χ0v) is 8.95. The maximum atomic E-state index is 13.5. The second kappa shape index (κ2) is 4.32. The standard InChI is InChI=1S/C11H9F2N3O/c1-6-2-10(8(13)3-9(6)14)17-11-15-4-7(12)5-16-11/h2-5H,14H2,1H3. The Hall–Kier alpha value is -2.24. The third kappa shape index (κ3) is 2.47. The van der Waals surface area contributed by atoms with Crippen LogP contribution in [0.15, 0.2) is 24.5 Å². The van der Waals surface area contributed by atoms with E-state index in [0.717, 1.165) is 18.5 Å². The fraction of sp³-hybridized carbons (Fsp3) is 0.0909. The summed E-state index contributed by atoms with van der Waals surface area (Å²) in [6.45, 7) is 1.72. The van der Waals surface area contributed by atoms with Crippen molar-refractivity contribution < 1.29 is 13.5 Å². The van der Waals surface area contributed by atoms with Crippen LogP contribution in [-0.4, -0.2) is 9.97 Å². The molecular formula is C11H9F2N3O. The molecule has 0 amide bonds. The van der Waals surface area contributed by atoms with E-state index in [-0.39, 0.29) is 11.8 Å². The van der Waals surface area contributed by atoms with Crippen molar-refractivity contribution in [2.24, 2.45) is 0 Å². The zero-order valence-electron chi connectivity index (χ0n) is 8.95. The largest absolute Gasteiger partial charge is 0.421 e. The molecule has 2 N–H and O–H groups in total. The molecule has 0 aliphatic heterocycles. The number of halogens is 2. The summed E-state index contributed by atoms with van der Waals surface area (Å²) in [5, 5.41) is 0. The predicted octanol–water partition coefficient (Wildman–Crippen LogP) is 2.44. The number of ether oxygens (including phenoxy) is 1. The first-order valence-electron chi connectivity index (χ1n) is 4.77. The van der Waals surface area contributed by atoms with Crippen molar-refractivity contribution >= 4 is 5.69 Å². The van der Waals surface area contributed by atoms with E-state index in [1.54, 1.807) is 6.92 Å². The molecule has 1 aromatic carbocycles. The Kier molecular flexibility index (Phi) is 2.86. The molecule has 88 valence electrons. The smallest absolute Gasteiger partial charge is 0.322 e. The van der Waals surface area contributed by atoms with Gasteiger partial charge in [-0.1, -0.05) is 0 Å². The molecule has 6 heteroatoms. The molecule has 1 heterocycles. The summed E-state index contributed by atoms with van der Waals surface area (Å²) in [7, 11) is 0. The monoisotopic (exact) mass is 237 g/mol. The van der Waals surface area contributed by atoms with Crippen molar-refractivity contribution in [2.75, 3.05) is 5.73 Å². The van der Waals surface area contributed by atoms with Gasteiger partial charge in [-0.05, 0) is 18.6 Å². The van der Waals surface area contributed by atoms with Gasteiger partial charge in [-0.2, -0.15) is 0 Å². The molecule has 0 saturated carbocycles. The van der Waals surface area contributed by atoms with Gasteiger partial charge >= 0.3 is 6.01 Å². The summed E-state index contributed by atoms with van der Waals surface area (Å²) in [5.74, 6) is -1.27. The van der Waals surface area contributed by atoms with Crippen molar-refractivity contribution in [1.82, 2.24) is 9.97 Å².